The van der Waals surface area contributed by atoms with Crippen molar-refractivity contribution >= 4 is 17.7 Å². The lowest BCUT2D eigenvalue weighted by Crippen LogP contribution is -2.48. The monoisotopic (exact) mass is 258 g/mol. The molecule has 0 aromatic rings. The average Bonchev–Trinajstić information content (AvgIpc) is 2.36. The quantitative estimate of drug-likeness (QED) is 0.790. The van der Waals surface area contributed by atoms with Crippen LogP contribution in [-0.2, 0) is 4.79 Å². The highest BCUT2D eigenvalue weighted by Gasteiger charge is 2.27. The fourth-order valence-corrected chi connectivity index (χ4v) is 3.08. The Hall–Kier alpha value is -0.220. The van der Waals surface area contributed by atoms with E-state index >= 15 is 0 Å². The Kier molecular flexibility index (Phi) is 6.97. The zero-order chi connectivity index (χ0) is 12.7. The molecule has 1 unspecified atom stereocenters. The van der Waals surface area contributed by atoms with Crippen molar-refractivity contribution in [1.29, 1.82) is 0 Å². The highest BCUT2D eigenvalue weighted by molar-refractivity contribution is 7.98. The zero-order valence-corrected chi connectivity index (χ0v) is 12.2. The van der Waals surface area contributed by atoms with E-state index < -0.39 is 0 Å². The highest BCUT2D eigenvalue weighted by Crippen LogP contribution is 2.17. The number of amides is 1. The minimum atomic E-state index is 0.159. The van der Waals surface area contributed by atoms with Gasteiger partial charge in [0.2, 0.25) is 5.91 Å². The van der Waals surface area contributed by atoms with Crippen LogP contribution in [0.3, 0.4) is 0 Å². The van der Waals surface area contributed by atoms with Crippen LogP contribution in [-0.4, -0.2) is 48.5 Å². The first-order chi connectivity index (χ1) is 8.20. The fourth-order valence-electron chi connectivity index (χ4n) is 2.44. The number of carbonyl (C=O) groups is 1. The Morgan fingerprint density at radius 2 is 2.12 bits per heavy atom. The van der Waals surface area contributed by atoms with Gasteiger partial charge in [0.15, 0.2) is 0 Å². The van der Waals surface area contributed by atoms with Crippen molar-refractivity contribution in [3.05, 3.63) is 0 Å². The average molecular weight is 258 g/mol. The van der Waals surface area contributed by atoms with Crippen LogP contribution < -0.4 is 5.32 Å². The number of carbonyl (C=O) groups excluding carboxylic acids is 1. The van der Waals surface area contributed by atoms with Gasteiger partial charge in [-0.3, -0.25) is 4.79 Å². The molecule has 1 aliphatic heterocycles. The van der Waals surface area contributed by atoms with Gasteiger partial charge in [0.25, 0.3) is 0 Å². The van der Waals surface area contributed by atoms with Crippen molar-refractivity contribution in [3.63, 3.8) is 0 Å². The maximum atomic E-state index is 12.4. The minimum Gasteiger partial charge on any atom is -0.339 e. The summed E-state index contributed by atoms with van der Waals surface area (Å²) in [6, 6.07) is 0.466. The largest absolute Gasteiger partial charge is 0.339 e. The summed E-state index contributed by atoms with van der Waals surface area (Å²) in [7, 11) is 0. The number of hydrogen-bond donors (Lipinski definition) is 1. The number of hydrogen-bond acceptors (Lipinski definition) is 3. The third-order valence-corrected chi connectivity index (χ3v) is 4.17. The second kappa shape index (κ2) is 7.98. The predicted molar refractivity (Wildman–Crippen MR) is 75.4 cm³/mol. The maximum Gasteiger partial charge on any atom is 0.226 e. The summed E-state index contributed by atoms with van der Waals surface area (Å²) < 4.78 is 0. The molecule has 17 heavy (non-hydrogen) atoms. The van der Waals surface area contributed by atoms with Gasteiger partial charge in [0, 0.05) is 24.3 Å². The normalized spacial score (nSPS) is 19.0. The Balaban J connectivity index is 2.59. The molecule has 1 amide bonds. The van der Waals surface area contributed by atoms with E-state index in [0.29, 0.717) is 11.9 Å². The summed E-state index contributed by atoms with van der Waals surface area (Å²) in [5.74, 6) is 1.45. The molecule has 0 aliphatic carbocycles. The molecule has 1 atom stereocenters. The van der Waals surface area contributed by atoms with Crippen LogP contribution >= 0.6 is 11.8 Å². The first kappa shape index (κ1) is 14.8. The molecule has 1 saturated heterocycles. The number of piperidine rings is 1. The van der Waals surface area contributed by atoms with Gasteiger partial charge >= 0.3 is 0 Å². The topological polar surface area (TPSA) is 32.3 Å². The van der Waals surface area contributed by atoms with Gasteiger partial charge in [-0.05, 0) is 38.6 Å². The molecule has 0 saturated carbocycles. The van der Waals surface area contributed by atoms with Crippen molar-refractivity contribution in [2.75, 3.05) is 31.6 Å². The summed E-state index contributed by atoms with van der Waals surface area (Å²) in [6.07, 6.45) is 5.34. The molecule has 0 spiro atoms. The molecule has 1 aliphatic rings. The van der Waals surface area contributed by atoms with Gasteiger partial charge in [-0.1, -0.05) is 13.8 Å². The molecule has 0 aromatic carbocycles. The molecular formula is C13H26N2OS. The molecule has 4 heteroatoms. The van der Waals surface area contributed by atoms with Crippen molar-refractivity contribution in [3.8, 4) is 0 Å². The van der Waals surface area contributed by atoms with E-state index in [9.17, 15) is 4.79 Å². The van der Waals surface area contributed by atoms with E-state index in [1.165, 1.54) is 0 Å². The number of nitrogens with zero attached hydrogens (tertiary/aromatic N) is 1. The molecule has 0 bridgehead atoms. The molecule has 1 fully saturated rings. The summed E-state index contributed by atoms with van der Waals surface area (Å²) in [5, 5.41) is 3.36. The third-order valence-electron chi connectivity index (χ3n) is 3.34. The molecular weight excluding hydrogens is 232 g/mol. The molecule has 1 heterocycles. The van der Waals surface area contributed by atoms with Gasteiger partial charge in [0.05, 0.1) is 0 Å². The van der Waals surface area contributed by atoms with E-state index in [1.807, 2.05) is 0 Å². The van der Waals surface area contributed by atoms with Gasteiger partial charge < -0.3 is 10.2 Å². The lowest BCUT2D eigenvalue weighted by Gasteiger charge is -2.36. The van der Waals surface area contributed by atoms with Gasteiger partial charge in [0.1, 0.15) is 0 Å². The second-order valence-corrected chi connectivity index (χ2v) is 5.78. The SMILES string of the molecule is CCCN(C(=O)C(C)CSC)C1CCNCC1. The predicted octanol–water partition coefficient (Wildman–Crippen LogP) is 1.98. The first-order valence-corrected chi connectivity index (χ1v) is 8.10. The van der Waals surface area contributed by atoms with E-state index in [2.05, 4.69) is 30.3 Å². The van der Waals surface area contributed by atoms with Crippen LogP contribution in [0.15, 0.2) is 0 Å². The van der Waals surface area contributed by atoms with Crippen molar-refractivity contribution in [2.45, 2.75) is 39.2 Å². The summed E-state index contributed by atoms with van der Waals surface area (Å²) in [4.78, 5) is 14.6. The molecule has 100 valence electrons. The van der Waals surface area contributed by atoms with E-state index in [0.717, 1.165) is 44.6 Å². The van der Waals surface area contributed by atoms with Crippen LogP contribution in [0.4, 0.5) is 0 Å². The van der Waals surface area contributed by atoms with Gasteiger partial charge in [-0.2, -0.15) is 11.8 Å². The third kappa shape index (κ3) is 4.51. The standard InChI is InChI=1S/C13H26N2OS/c1-4-9-15(12-5-7-14-8-6-12)13(16)11(2)10-17-3/h11-12,14H,4-10H2,1-3H3. The molecule has 1 N–H and O–H groups in total. The lowest BCUT2D eigenvalue weighted by atomic mass is 10.0. The number of thioether (sulfide) groups is 1. The minimum absolute atomic E-state index is 0.159. The summed E-state index contributed by atoms with van der Waals surface area (Å²) >= 11 is 1.76. The smallest absolute Gasteiger partial charge is 0.226 e. The van der Waals surface area contributed by atoms with Crippen LogP contribution in [0, 0.1) is 5.92 Å². The highest BCUT2D eigenvalue weighted by atomic mass is 32.2. The second-order valence-electron chi connectivity index (χ2n) is 4.87. The van der Waals surface area contributed by atoms with E-state index in [4.69, 9.17) is 0 Å². The van der Waals surface area contributed by atoms with Gasteiger partial charge in [-0.15, -0.1) is 0 Å². The lowest BCUT2D eigenvalue weighted by molar-refractivity contribution is -0.137. The number of rotatable bonds is 6. The van der Waals surface area contributed by atoms with Crippen molar-refractivity contribution in [2.24, 2.45) is 5.92 Å². The fraction of sp³-hybridized carbons (Fsp3) is 0.923. The van der Waals surface area contributed by atoms with Crippen molar-refractivity contribution < 1.29 is 4.79 Å². The van der Waals surface area contributed by atoms with Crippen LogP contribution in [0.5, 0.6) is 0 Å². The maximum absolute atomic E-state index is 12.4. The van der Waals surface area contributed by atoms with E-state index in [-0.39, 0.29) is 5.92 Å². The Morgan fingerprint density at radius 1 is 1.47 bits per heavy atom. The molecule has 3 nitrogen and oxygen atoms in total. The van der Waals surface area contributed by atoms with Crippen LogP contribution in [0.2, 0.25) is 0 Å². The van der Waals surface area contributed by atoms with Gasteiger partial charge in [-0.25, -0.2) is 0 Å². The first-order valence-electron chi connectivity index (χ1n) is 6.70. The summed E-state index contributed by atoms with van der Waals surface area (Å²) in [6.45, 7) is 7.23. The molecule has 0 aromatic heterocycles. The Labute approximate surface area is 110 Å². The van der Waals surface area contributed by atoms with E-state index in [1.54, 1.807) is 11.8 Å². The number of nitrogens with one attached hydrogen (secondary N) is 1. The molecule has 1 rings (SSSR count). The summed E-state index contributed by atoms with van der Waals surface area (Å²) in [5.41, 5.74) is 0. The van der Waals surface area contributed by atoms with Crippen molar-refractivity contribution in [1.82, 2.24) is 10.2 Å². The Bertz CT molecular complexity index is 229. The molecule has 0 radical (unpaired) electrons. The Morgan fingerprint density at radius 3 is 2.65 bits per heavy atom. The van der Waals surface area contributed by atoms with Crippen LogP contribution in [0.25, 0.3) is 0 Å². The van der Waals surface area contributed by atoms with Crippen LogP contribution in [0.1, 0.15) is 33.1 Å². The zero-order valence-electron chi connectivity index (χ0n) is 11.4.